The van der Waals surface area contributed by atoms with Gasteiger partial charge in [-0.25, -0.2) is 24.0 Å². The molecule has 4 N–H and O–H groups in total. The van der Waals surface area contributed by atoms with Crippen LogP contribution in [0.3, 0.4) is 0 Å². The number of nitrogens with zero attached hydrogens (tertiary/aromatic N) is 3. The highest BCUT2D eigenvalue weighted by molar-refractivity contribution is 6.02. The van der Waals surface area contributed by atoms with Gasteiger partial charge < -0.3 is 10.6 Å². The third kappa shape index (κ3) is 5.20. The topological polar surface area (TPSA) is 105 Å². The third-order valence-electron chi connectivity index (χ3n) is 6.41. The van der Waals surface area contributed by atoms with Gasteiger partial charge in [0, 0.05) is 54.1 Å². The second-order valence-electron chi connectivity index (χ2n) is 8.89. The Hall–Kier alpha value is -4.15. The summed E-state index contributed by atoms with van der Waals surface area (Å²) in [5.41, 5.74) is 12.4. The number of pyridine rings is 2. The maximum absolute atomic E-state index is 14.2. The molecule has 5 rings (SSSR count). The summed E-state index contributed by atoms with van der Waals surface area (Å²) >= 11 is 0. The van der Waals surface area contributed by atoms with Crippen molar-refractivity contribution in [3.05, 3.63) is 72.6 Å². The molecule has 2 aromatic carbocycles. The number of nitrogens with two attached hydrogens (primary N) is 1. The normalized spacial score (nSPS) is 14.1. The van der Waals surface area contributed by atoms with Crippen LogP contribution in [-0.4, -0.2) is 42.2 Å². The molecule has 3 heterocycles. The van der Waals surface area contributed by atoms with E-state index >= 15 is 0 Å². The quantitative estimate of drug-likeness (QED) is 0.336. The lowest BCUT2D eigenvalue weighted by molar-refractivity contribution is 0.114. The monoisotopic (exact) mass is 504 g/mol. The molecule has 2 amide bonds. The van der Waals surface area contributed by atoms with E-state index in [1.807, 2.05) is 24.3 Å². The fraction of sp³-hybridized carbons (Fsp3) is 0.222. The molecule has 1 fully saturated rings. The van der Waals surface area contributed by atoms with Crippen LogP contribution in [0.15, 0.2) is 60.9 Å². The average Bonchev–Trinajstić information content (AvgIpc) is 2.88. The van der Waals surface area contributed by atoms with Gasteiger partial charge in [0.15, 0.2) is 0 Å². The van der Waals surface area contributed by atoms with Crippen molar-refractivity contribution < 1.29 is 18.4 Å². The summed E-state index contributed by atoms with van der Waals surface area (Å²) < 4.78 is 28.4. The number of carbonyl (C=O) groups excluding carboxylic acids is 1. The third-order valence-corrected chi connectivity index (χ3v) is 6.41. The summed E-state index contributed by atoms with van der Waals surface area (Å²) in [5, 5.41) is 3.49. The molecule has 0 atom stereocenters. The molecular formula is C27H26F2N6O2. The summed E-state index contributed by atoms with van der Waals surface area (Å²) in [4.78, 5) is 27.9. The Morgan fingerprint density at radius 2 is 1.78 bits per heavy atom. The number of hydroxylamine groups is 1. The summed E-state index contributed by atoms with van der Waals surface area (Å²) in [5.74, 6) is -0.968. The summed E-state index contributed by atoms with van der Waals surface area (Å²) in [7, 11) is 1.34. The first-order valence-corrected chi connectivity index (χ1v) is 11.9. The van der Waals surface area contributed by atoms with Gasteiger partial charge >= 0.3 is 6.03 Å². The predicted octanol–water partition coefficient (Wildman–Crippen LogP) is 4.85. The van der Waals surface area contributed by atoms with Crippen LogP contribution in [-0.2, 0) is 4.84 Å². The van der Waals surface area contributed by atoms with Gasteiger partial charge in [0.1, 0.15) is 17.5 Å². The Morgan fingerprint density at radius 3 is 2.51 bits per heavy atom. The van der Waals surface area contributed by atoms with E-state index in [9.17, 15) is 13.6 Å². The first-order chi connectivity index (χ1) is 17.9. The predicted molar refractivity (Wildman–Crippen MR) is 139 cm³/mol. The number of anilines is 2. The second-order valence-corrected chi connectivity index (χ2v) is 8.89. The van der Waals surface area contributed by atoms with E-state index in [1.54, 1.807) is 18.5 Å². The molecule has 0 saturated carbocycles. The number of carbonyl (C=O) groups is 1. The van der Waals surface area contributed by atoms with Crippen LogP contribution in [0.5, 0.6) is 0 Å². The molecule has 37 heavy (non-hydrogen) atoms. The van der Waals surface area contributed by atoms with E-state index in [0.29, 0.717) is 35.6 Å². The Bertz CT molecular complexity index is 1440. The van der Waals surface area contributed by atoms with E-state index in [0.717, 1.165) is 41.1 Å². The number of fused-ring (bicyclic) bond motifs is 1. The molecule has 0 spiro atoms. The zero-order chi connectivity index (χ0) is 25.9. The molecule has 2 aromatic heterocycles. The van der Waals surface area contributed by atoms with E-state index < -0.39 is 17.7 Å². The van der Waals surface area contributed by atoms with Gasteiger partial charge in [0.25, 0.3) is 0 Å². The second kappa shape index (κ2) is 10.5. The molecule has 0 unspecified atom stereocenters. The standard InChI is InChI=1S/C27H26F2N6O2/c1-37-34-27(36)33-26-21(3-2-8-31-26)16-4-5-24-22(13-16)25(35-9-6-20(30)7-10-35)23(15-32-24)17-11-18(28)14-19(29)12-17/h2-5,8,11-15,20H,6-7,9-10,30H2,1H3,(H2,31,33,34,36). The molecule has 10 heteroatoms. The van der Waals surface area contributed by atoms with Crippen LogP contribution < -0.4 is 21.4 Å². The van der Waals surface area contributed by atoms with E-state index in [1.165, 1.54) is 19.2 Å². The fourth-order valence-corrected chi connectivity index (χ4v) is 4.69. The zero-order valence-corrected chi connectivity index (χ0v) is 20.2. The van der Waals surface area contributed by atoms with Crippen molar-refractivity contribution in [2.24, 2.45) is 5.73 Å². The maximum atomic E-state index is 14.2. The Labute approximate surface area is 212 Å². The van der Waals surface area contributed by atoms with Gasteiger partial charge in [0.05, 0.1) is 18.3 Å². The number of hydrogen-bond acceptors (Lipinski definition) is 6. The van der Waals surface area contributed by atoms with Crippen LogP contribution in [0.2, 0.25) is 0 Å². The molecule has 0 bridgehead atoms. The zero-order valence-electron chi connectivity index (χ0n) is 20.2. The van der Waals surface area contributed by atoms with Crippen LogP contribution in [0.25, 0.3) is 33.2 Å². The SMILES string of the molecule is CONC(=O)Nc1ncccc1-c1ccc2ncc(-c3cc(F)cc(F)c3)c(N3CCC(N)CC3)c2c1. The molecule has 0 radical (unpaired) electrons. The highest BCUT2D eigenvalue weighted by Crippen LogP contribution is 2.40. The van der Waals surface area contributed by atoms with Crippen LogP contribution in [0, 0.1) is 11.6 Å². The smallest absolute Gasteiger partial charge is 0.344 e. The molecule has 0 aliphatic carbocycles. The van der Waals surface area contributed by atoms with Crippen LogP contribution in [0.4, 0.5) is 25.1 Å². The molecule has 1 aliphatic heterocycles. The van der Waals surface area contributed by atoms with E-state index in [-0.39, 0.29) is 6.04 Å². The Morgan fingerprint density at radius 1 is 1.03 bits per heavy atom. The fourth-order valence-electron chi connectivity index (χ4n) is 4.69. The molecule has 4 aromatic rings. The molecule has 8 nitrogen and oxygen atoms in total. The lowest BCUT2D eigenvalue weighted by Gasteiger charge is -2.34. The number of halogens is 2. The van der Waals surface area contributed by atoms with Crippen molar-refractivity contribution in [3.8, 4) is 22.3 Å². The molecule has 190 valence electrons. The number of piperidine rings is 1. The summed E-state index contributed by atoms with van der Waals surface area (Å²) in [6, 6.07) is 12.4. The van der Waals surface area contributed by atoms with Crippen molar-refractivity contribution >= 4 is 28.4 Å². The maximum Gasteiger partial charge on any atom is 0.344 e. The van der Waals surface area contributed by atoms with Gasteiger partial charge in [-0.2, -0.15) is 0 Å². The van der Waals surface area contributed by atoms with E-state index in [2.05, 4.69) is 30.5 Å². The Kier molecular flexibility index (Phi) is 6.93. The number of hydrogen-bond donors (Lipinski definition) is 3. The molecular weight excluding hydrogens is 478 g/mol. The lowest BCUT2D eigenvalue weighted by atomic mass is 9.96. The van der Waals surface area contributed by atoms with Crippen molar-refractivity contribution in [1.29, 1.82) is 0 Å². The van der Waals surface area contributed by atoms with Gasteiger partial charge in [-0.3, -0.25) is 15.1 Å². The minimum atomic E-state index is -0.657. The summed E-state index contributed by atoms with van der Waals surface area (Å²) in [6.45, 7) is 1.40. The first-order valence-electron chi connectivity index (χ1n) is 11.9. The number of urea groups is 1. The van der Waals surface area contributed by atoms with Gasteiger partial charge in [-0.15, -0.1) is 0 Å². The first kappa shape index (κ1) is 24.5. The highest BCUT2D eigenvalue weighted by atomic mass is 19.1. The van der Waals surface area contributed by atoms with Crippen molar-refractivity contribution in [1.82, 2.24) is 15.4 Å². The summed E-state index contributed by atoms with van der Waals surface area (Å²) in [6.07, 6.45) is 4.83. The minimum absolute atomic E-state index is 0.109. The van der Waals surface area contributed by atoms with E-state index in [4.69, 9.17) is 5.73 Å². The van der Waals surface area contributed by atoms with Gasteiger partial charge in [-0.1, -0.05) is 6.07 Å². The van der Waals surface area contributed by atoms with Gasteiger partial charge in [-0.05, 0) is 60.4 Å². The number of amides is 2. The number of benzene rings is 2. The lowest BCUT2D eigenvalue weighted by Crippen LogP contribution is -2.40. The van der Waals surface area contributed by atoms with Gasteiger partial charge in [0.2, 0.25) is 0 Å². The average molecular weight is 505 g/mol. The number of nitrogens with one attached hydrogen (secondary N) is 2. The minimum Gasteiger partial charge on any atom is -0.370 e. The largest absolute Gasteiger partial charge is 0.370 e. The highest BCUT2D eigenvalue weighted by Gasteiger charge is 2.23. The number of rotatable bonds is 5. The molecule has 1 saturated heterocycles. The Balaban J connectivity index is 1.69. The number of aromatic nitrogens is 2. The van der Waals surface area contributed by atoms with Crippen LogP contribution in [0.1, 0.15) is 12.8 Å². The van der Waals surface area contributed by atoms with Crippen molar-refractivity contribution in [2.45, 2.75) is 18.9 Å². The van der Waals surface area contributed by atoms with Crippen LogP contribution >= 0.6 is 0 Å². The molecule has 1 aliphatic rings. The van der Waals surface area contributed by atoms with Crippen molar-refractivity contribution in [2.75, 3.05) is 30.4 Å². The van der Waals surface area contributed by atoms with Crippen molar-refractivity contribution in [3.63, 3.8) is 0 Å².